The maximum absolute atomic E-state index is 14.3. The van der Waals surface area contributed by atoms with Gasteiger partial charge in [-0.05, 0) is 33.3 Å². The van der Waals surface area contributed by atoms with E-state index in [0.29, 0.717) is 11.3 Å². The number of anilines is 1. The third kappa shape index (κ3) is 2.01. The normalized spacial score (nSPS) is 18.4. The van der Waals surface area contributed by atoms with Crippen LogP contribution >= 0.6 is 0 Å². The Morgan fingerprint density at radius 3 is 2.87 bits per heavy atom. The van der Waals surface area contributed by atoms with Gasteiger partial charge in [-0.3, -0.25) is 0 Å². The van der Waals surface area contributed by atoms with Crippen LogP contribution in [-0.2, 0) is 6.42 Å². The van der Waals surface area contributed by atoms with Gasteiger partial charge in [0.2, 0.25) is 0 Å². The summed E-state index contributed by atoms with van der Waals surface area (Å²) in [5, 5.41) is 4.32. The van der Waals surface area contributed by atoms with Crippen molar-refractivity contribution in [1.29, 1.82) is 0 Å². The molecule has 0 saturated carbocycles. The molecule has 2 aromatic heterocycles. The highest BCUT2D eigenvalue weighted by molar-refractivity contribution is 5.61. The Kier molecular flexibility index (Phi) is 3.07. The van der Waals surface area contributed by atoms with E-state index in [0.717, 1.165) is 17.9 Å². The van der Waals surface area contributed by atoms with Crippen LogP contribution in [0, 0.1) is 12.7 Å². The smallest absolute Gasteiger partial charge is 0.254 e. The highest BCUT2D eigenvalue weighted by atomic mass is 19.1. The van der Waals surface area contributed by atoms with Gasteiger partial charge in [0.1, 0.15) is 18.0 Å². The van der Waals surface area contributed by atoms with Crippen molar-refractivity contribution in [2.75, 3.05) is 4.90 Å². The maximum atomic E-state index is 14.3. The van der Waals surface area contributed by atoms with Crippen molar-refractivity contribution in [3.8, 4) is 0 Å². The predicted molar refractivity (Wildman–Crippen MR) is 86.0 cm³/mol. The number of fused-ring (bicyclic) bond motifs is 3. The number of rotatable bonds is 2. The molecule has 23 heavy (non-hydrogen) atoms. The van der Waals surface area contributed by atoms with E-state index in [-0.39, 0.29) is 17.9 Å². The van der Waals surface area contributed by atoms with Crippen LogP contribution in [0.5, 0.6) is 0 Å². The van der Waals surface area contributed by atoms with Crippen LogP contribution in [0.3, 0.4) is 0 Å². The van der Waals surface area contributed by atoms with E-state index in [4.69, 9.17) is 0 Å². The standard InChI is InChI=1S/C17H18FN5/c1-10-8-14-11(2)21-17-19-9-20-23(17)16(14)22(10)12(3)13-6-4-5-7-15(13)18/h4-7,9-10,12H,8H2,1-3H3. The molecule has 0 bridgehead atoms. The lowest BCUT2D eigenvalue weighted by molar-refractivity contribution is 0.543. The van der Waals surface area contributed by atoms with E-state index in [1.54, 1.807) is 10.6 Å². The summed E-state index contributed by atoms with van der Waals surface area (Å²) < 4.78 is 16.0. The van der Waals surface area contributed by atoms with Crippen molar-refractivity contribution < 1.29 is 4.39 Å². The molecule has 3 aromatic rings. The molecule has 2 unspecified atom stereocenters. The van der Waals surface area contributed by atoms with E-state index in [1.165, 1.54) is 18.0 Å². The first-order valence-electron chi connectivity index (χ1n) is 7.80. The molecular weight excluding hydrogens is 293 g/mol. The van der Waals surface area contributed by atoms with Gasteiger partial charge in [-0.25, -0.2) is 9.37 Å². The largest absolute Gasteiger partial charge is 0.346 e. The summed E-state index contributed by atoms with van der Waals surface area (Å²) in [5.41, 5.74) is 2.82. The molecule has 0 N–H and O–H groups in total. The Hall–Kier alpha value is -2.50. The fourth-order valence-electron chi connectivity index (χ4n) is 3.60. The van der Waals surface area contributed by atoms with Gasteiger partial charge in [0.05, 0.1) is 6.04 Å². The van der Waals surface area contributed by atoms with E-state index >= 15 is 0 Å². The van der Waals surface area contributed by atoms with Gasteiger partial charge in [-0.15, -0.1) is 0 Å². The van der Waals surface area contributed by atoms with Gasteiger partial charge < -0.3 is 4.90 Å². The van der Waals surface area contributed by atoms with E-state index in [1.807, 2.05) is 26.0 Å². The summed E-state index contributed by atoms with van der Waals surface area (Å²) >= 11 is 0. The lowest BCUT2D eigenvalue weighted by atomic mass is 10.1. The average molecular weight is 311 g/mol. The number of hydrogen-bond acceptors (Lipinski definition) is 4. The molecule has 1 aliphatic rings. The van der Waals surface area contributed by atoms with Gasteiger partial charge in [0, 0.05) is 22.9 Å². The van der Waals surface area contributed by atoms with Crippen LogP contribution in [0.25, 0.3) is 5.78 Å². The van der Waals surface area contributed by atoms with Crippen LogP contribution in [0.1, 0.15) is 36.7 Å². The second kappa shape index (κ2) is 5.01. The fraction of sp³-hybridized carbons (Fsp3) is 0.353. The number of benzene rings is 1. The minimum absolute atomic E-state index is 0.0957. The second-order valence-electron chi connectivity index (χ2n) is 6.13. The number of halogens is 1. The first-order chi connectivity index (χ1) is 11.1. The minimum atomic E-state index is -0.179. The summed E-state index contributed by atoms with van der Waals surface area (Å²) in [6.07, 6.45) is 2.39. The minimum Gasteiger partial charge on any atom is -0.346 e. The van der Waals surface area contributed by atoms with Crippen molar-refractivity contribution in [3.63, 3.8) is 0 Å². The molecule has 0 fully saturated rings. The summed E-state index contributed by atoms with van der Waals surface area (Å²) in [4.78, 5) is 10.9. The number of hydrogen-bond donors (Lipinski definition) is 0. The summed E-state index contributed by atoms with van der Waals surface area (Å²) in [6, 6.07) is 7.10. The average Bonchev–Trinajstić information content (AvgIpc) is 3.11. The van der Waals surface area contributed by atoms with Gasteiger partial charge in [0.15, 0.2) is 0 Å². The molecule has 0 spiro atoms. The third-order valence-electron chi connectivity index (χ3n) is 4.70. The Morgan fingerprint density at radius 1 is 1.30 bits per heavy atom. The van der Waals surface area contributed by atoms with Crippen LogP contribution in [0.4, 0.5) is 10.2 Å². The molecule has 118 valence electrons. The highest BCUT2D eigenvalue weighted by Crippen LogP contribution is 2.39. The molecule has 4 rings (SSSR count). The molecule has 5 nitrogen and oxygen atoms in total. The van der Waals surface area contributed by atoms with Gasteiger partial charge in [-0.1, -0.05) is 18.2 Å². The lowest BCUT2D eigenvalue weighted by Crippen LogP contribution is -2.33. The topological polar surface area (TPSA) is 46.3 Å². The first kappa shape index (κ1) is 14.1. The molecule has 0 amide bonds. The molecular formula is C17H18FN5. The second-order valence-corrected chi connectivity index (χ2v) is 6.13. The zero-order valence-electron chi connectivity index (χ0n) is 13.4. The number of nitrogens with zero attached hydrogens (tertiary/aromatic N) is 5. The quantitative estimate of drug-likeness (QED) is 0.729. The molecule has 1 aromatic carbocycles. The van der Waals surface area contributed by atoms with Crippen molar-refractivity contribution in [2.45, 2.75) is 39.3 Å². The van der Waals surface area contributed by atoms with E-state index < -0.39 is 0 Å². The molecule has 2 atom stereocenters. The maximum Gasteiger partial charge on any atom is 0.254 e. The Labute approximate surface area is 133 Å². The first-order valence-corrected chi connectivity index (χ1v) is 7.80. The molecule has 0 aliphatic carbocycles. The van der Waals surface area contributed by atoms with E-state index in [9.17, 15) is 4.39 Å². The zero-order chi connectivity index (χ0) is 16.1. The van der Waals surface area contributed by atoms with Gasteiger partial charge in [-0.2, -0.15) is 14.6 Å². The monoisotopic (exact) mass is 311 g/mol. The summed E-state index contributed by atoms with van der Waals surface area (Å²) in [6.45, 7) is 6.18. The van der Waals surface area contributed by atoms with Crippen LogP contribution < -0.4 is 4.90 Å². The Balaban J connectivity index is 1.90. The van der Waals surface area contributed by atoms with Crippen molar-refractivity contribution in [1.82, 2.24) is 19.6 Å². The molecule has 3 heterocycles. The van der Waals surface area contributed by atoms with Gasteiger partial charge in [0.25, 0.3) is 5.78 Å². The fourth-order valence-corrected chi connectivity index (χ4v) is 3.60. The lowest BCUT2D eigenvalue weighted by Gasteiger charge is -2.32. The van der Waals surface area contributed by atoms with Crippen LogP contribution in [0.15, 0.2) is 30.6 Å². The summed E-state index contributed by atoms with van der Waals surface area (Å²) in [7, 11) is 0. The van der Waals surface area contributed by atoms with Crippen molar-refractivity contribution in [2.24, 2.45) is 0 Å². The van der Waals surface area contributed by atoms with Crippen LogP contribution in [-0.4, -0.2) is 25.6 Å². The number of aryl methyl sites for hydroxylation is 1. The molecule has 0 radical (unpaired) electrons. The van der Waals surface area contributed by atoms with Gasteiger partial charge >= 0.3 is 0 Å². The summed E-state index contributed by atoms with van der Waals surface area (Å²) in [5.74, 6) is 1.38. The SMILES string of the molecule is Cc1nc2ncnn2c2c1CC(C)N2C(C)c1ccccc1F. The van der Waals surface area contributed by atoms with Crippen molar-refractivity contribution >= 4 is 11.6 Å². The molecule has 1 aliphatic heterocycles. The van der Waals surface area contributed by atoms with Crippen LogP contribution in [0.2, 0.25) is 0 Å². The van der Waals surface area contributed by atoms with E-state index in [2.05, 4.69) is 26.9 Å². The molecule has 0 saturated heterocycles. The third-order valence-corrected chi connectivity index (χ3v) is 4.70. The Bertz CT molecular complexity index is 888. The molecule has 6 heteroatoms. The zero-order valence-corrected chi connectivity index (χ0v) is 13.4. The number of aromatic nitrogens is 4. The highest BCUT2D eigenvalue weighted by Gasteiger charge is 2.35. The Morgan fingerprint density at radius 2 is 2.09 bits per heavy atom. The van der Waals surface area contributed by atoms with Crippen molar-refractivity contribution in [3.05, 3.63) is 53.2 Å². The predicted octanol–water partition coefficient (Wildman–Crippen LogP) is 3.08.